The molecule has 1 saturated heterocycles. The van der Waals surface area contributed by atoms with Gasteiger partial charge in [-0.1, -0.05) is 12.1 Å². The highest BCUT2D eigenvalue weighted by Crippen LogP contribution is 2.21. The van der Waals surface area contributed by atoms with E-state index < -0.39 is 10.8 Å². The Morgan fingerprint density at radius 2 is 2.17 bits per heavy atom. The molecule has 0 saturated carbocycles. The van der Waals surface area contributed by atoms with Gasteiger partial charge in [-0.2, -0.15) is 0 Å². The summed E-state index contributed by atoms with van der Waals surface area (Å²) >= 11 is 0. The van der Waals surface area contributed by atoms with Gasteiger partial charge in [0.15, 0.2) is 0 Å². The lowest BCUT2D eigenvalue weighted by Gasteiger charge is -2.23. The van der Waals surface area contributed by atoms with E-state index in [1.807, 2.05) is 45.0 Å². The maximum absolute atomic E-state index is 12.3. The number of carbonyl (C=O) groups excluding carboxylic acids is 1. The van der Waals surface area contributed by atoms with Gasteiger partial charge < -0.3 is 15.3 Å². The number of hydrogen-bond donors (Lipinski definition) is 2. The van der Waals surface area contributed by atoms with E-state index in [1.54, 1.807) is 4.90 Å². The number of benzene rings is 1. The zero-order valence-electron chi connectivity index (χ0n) is 14.0. The van der Waals surface area contributed by atoms with Crippen LogP contribution in [0.4, 0.5) is 10.5 Å². The summed E-state index contributed by atoms with van der Waals surface area (Å²) in [5.41, 5.74) is 1.64. The molecule has 0 aliphatic carbocycles. The van der Waals surface area contributed by atoms with E-state index in [-0.39, 0.29) is 23.4 Å². The molecule has 1 fully saturated rings. The average Bonchev–Trinajstić information content (AvgIpc) is 2.95. The zero-order chi connectivity index (χ0) is 17.0. The summed E-state index contributed by atoms with van der Waals surface area (Å²) in [5.74, 6) is 0.468. The lowest BCUT2D eigenvalue weighted by molar-refractivity contribution is 0.166. The van der Waals surface area contributed by atoms with Crippen molar-refractivity contribution in [1.82, 2.24) is 4.90 Å². The zero-order valence-corrected chi connectivity index (χ0v) is 14.9. The number of urea groups is 1. The molecule has 1 heterocycles. The Hall–Kier alpha value is -1.40. The monoisotopic (exact) mass is 338 g/mol. The van der Waals surface area contributed by atoms with Gasteiger partial charge in [-0.15, -0.1) is 0 Å². The van der Waals surface area contributed by atoms with E-state index in [0.717, 1.165) is 18.4 Å². The molecular weight excluding hydrogens is 312 g/mol. The lowest BCUT2D eigenvalue weighted by atomic mass is 10.2. The summed E-state index contributed by atoms with van der Waals surface area (Å²) in [5, 5.41) is 12.2. The van der Waals surface area contributed by atoms with Gasteiger partial charge in [0, 0.05) is 33.5 Å². The summed E-state index contributed by atoms with van der Waals surface area (Å²) in [6, 6.07) is 7.20. The van der Waals surface area contributed by atoms with Crippen molar-refractivity contribution in [3.63, 3.8) is 0 Å². The summed E-state index contributed by atoms with van der Waals surface area (Å²) in [4.78, 5) is 14.0. The van der Waals surface area contributed by atoms with Crippen LogP contribution in [0.5, 0.6) is 0 Å². The molecule has 5 nitrogen and oxygen atoms in total. The van der Waals surface area contributed by atoms with E-state index in [4.69, 9.17) is 0 Å². The Kier molecular flexibility index (Phi) is 5.81. The number of carbonyl (C=O) groups is 1. The van der Waals surface area contributed by atoms with Crippen LogP contribution in [0.3, 0.4) is 0 Å². The molecule has 1 aliphatic rings. The first-order valence-electron chi connectivity index (χ1n) is 7.97. The smallest absolute Gasteiger partial charge is 0.322 e. The molecule has 2 N–H and O–H groups in total. The van der Waals surface area contributed by atoms with Crippen molar-refractivity contribution in [3.05, 3.63) is 29.8 Å². The van der Waals surface area contributed by atoms with E-state index >= 15 is 0 Å². The van der Waals surface area contributed by atoms with Gasteiger partial charge >= 0.3 is 6.03 Å². The van der Waals surface area contributed by atoms with Crippen molar-refractivity contribution >= 4 is 22.5 Å². The number of aliphatic hydroxyl groups is 1. The van der Waals surface area contributed by atoms with Gasteiger partial charge in [0.1, 0.15) is 0 Å². The summed E-state index contributed by atoms with van der Waals surface area (Å²) in [6.45, 7) is 6.54. The fourth-order valence-electron chi connectivity index (χ4n) is 2.59. The lowest BCUT2D eigenvalue weighted by Crippen LogP contribution is -2.40. The number of aliphatic hydroxyl groups excluding tert-OH is 1. The molecule has 1 aliphatic heterocycles. The third kappa shape index (κ3) is 4.78. The highest BCUT2D eigenvalue weighted by Gasteiger charge is 2.28. The Balaban J connectivity index is 2.02. The molecule has 2 rings (SSSR count). The summed E-state index contributed by atoms with van der Waals surface area (Å²) in [6.07, 6.45) is 1.76. The van der Waals surface area contributed by atoms with Crippen LogP contribution in [0.15, 0.2) is 24.3 Å². The highest BCUT2D eigenvalue weighted by molar-refractivity contribution is 7.85. The van der Waals surface area contributed by atoms with Crippen LogP contribution in [0, 0.1) is 0 Å². The topological polar surface area (TPSA) is 69.6 Å². The molecule has 128 valence electrons. The molecule has 2 atom stereocenters. The van der Waals surface area contributed by atoms with E-state index in [0.29, 0.717) is 18.0 Å². The molecule has 6 heteroatoms. The number of nitrogens with zero attached hydrogens (tertiary/aromatic N) is 1. The number of amides is 2. The largest absolute Gasteiger partial charge is 0.394 e. The Morgan fingerprint density at radius 1 is 1.43 bits per heavy atom. The second-order valence-electron chi connectivity index (χ2n) is 6.90. The third-order valence-electron chi connectivity index (χ3n) is 4.01. The second kappa shape index (κ2) is 7.45. The molecule has 1 aromatic carbocycles. The average molecular weight is 338 g/mol. The second-order valence-corrected chi connectivity index (χ2v) is 9.11. The van der Waals surface area contributed by atoms with Crippen molar-refractivity contribution < 1.29 is 14.1 Å². The van der Waals surface area contributed by atoms with Crippen LogP contribution in [-0.4, -0.2) is 44.2 Å². The minimum Gasteiger partial charge on any atom is -0.394 e. The number of anilines is 1. The molecule has 2 unspecified atom stereocenters. The summed E-state index contributed by atoms with van der Waals surface area (Å²) in [7, 11) is -0.975. The minimum atomic E-state index is -0.975. The van der Waals surface area contributed by atoms with Crippen molar-refractivity contribution in [2.45, 2.75) is 50.2 Å². The summed E-state index contributed by atoms with van der Waals surface area (Å²) < 4.78 is 12.0. The first-order chi connectivity index (χ1) is 10.8. The first-order valence-corrected chi connectivity index (χ1v) is 9.29. The van der Waals surface area contributed by atoms with Crippen LogP contribution >= 0.6 is 0 Å². The van der Waals surface area contributed by atoms with Crippen LogP contribution in [-0.2, 0) is 16.6 Å². The van der Waals surface area contributed by atoms with Crippen LogP contribution < -0.4 is 5.32 Å². The van der Waals surface area contributed by atoms with Gasteiger partial charge in [-0.25, -0.2) is 4.79 Å². The van der Waals surface area contributed by atoms with Crippen LogP contribution in [0.25, 0.3) is 0 Å². The van der Waals surface area contributed by atoms with E-state index in [9.17, 15) is 14.1 Å². The van der Waals surface area contributed by atoms with Gasteiger partial charge in [0.2, 0.25) is 0 Å². The van der Waals surface area contributed by atoms with Gasteiger partial charge in [0.25, 0.3) is 0 Å². The van der Waals surface area contributed by atoms with Gasteiger partial charge in [0.05, 0.1) is 12.6 Å². The third-order valence-corrected chi connectivity index (χ3v) is 5.97. The molecule has 1 aromatic rings. The SMILES string of the molecule is CC(C)(C)S(=O)Cc1cccc(NC(=O)N2CCCC2CO)c1. The quantitative estimate of drug-likeness (QED) is 0.887. The van der Waals surface area contributed by atoms with Crippen molar-refractivity contribution in [3.8, 4) is 0 Å². The maximum Gasteiger partial charge on any atom is 0.322 e. The molecule has 23 heavy (non-hydrogen) atoms. The molecule has 2 amide bonds. The normalized spacial score (nSPS) is 19.7. The minimum absolute atomic E-state index is 0.00196. The van der Waals surface area contributed by atoms with E-state index in [2.05, 4.69) is 5.32 Å². The number of hydrogen-bond acceptors (Lipinski definition) is 3. The molecule has 0 radical (unpaired) electrons. The first kappa shape index (κ1) is 17.9. The Labute approximate surface area is 140 Å². The van der Waals surface area contributed by atoms with Crippen molar-refractivity contribution in [2.75, 3.05) is 18.5 Å². The molecule has 0 aromatic heterocycles. The van der Waals surface area contributed by atoms with Gasteiger partial charge in [-0.05, 0) is 51.3 Å². The fourth-order valence-corrected chi connectivity index (χ4v) is 3.51. The number of likely N-dealkylation sites (tertiary alicyclic amines) is 1. The Morgan fingerprint density at radius 3 is 2.83 bits per heavy atom. The number of nitrogens with one attached hydrogen (secondary N) is 1. The number of rotatable bonds is 4. The van der Waals surface area contributed by atoms with E-state index in [1.165, 1.54) is 0 Å². The predicted molar refractivity (Wildman–Crippen MR) is 93.9 cm³/mol. The molecular formula is C17H26N2O3S. The van der Waals surface area contributed by atoms with Crippen molar-refractivity contribution in [1.29, 1.82) is 0 Å². The Bertz CT molecular complexity index is 583. The predicted octanol–water partition coefficient (Wildman–Crippen LogP) is 2.72. The van der Waals surface area contributed by atoms with Crippen LogP contribution in [0.2, 0.25) is 0 Å². The van der Waals surface area contributed by atoms with Crippen LogP contribution in [0.1, 0.15) is 39.2 Å². The highest BCUT2D eigenvalue weighted by atomic mass is 32.2. The molecule has 0 bridgehead atoms. The van der Waals surface area contributed by atoms with Crippen molar-refractivity contribution in [2.24, 2.45) is 0 Å². The van der Waals surface area contributed by atoms with Gasteiger partial charge in [-0.3, -0.25) is 4.21 Å². The maximum atomic E-state index is 12.3. The standard InChI is InChI=1S/C17H26N2O3S/c1-17(2,3)23(22)12-13-6-4-7-14(10-13)18-16(21)19-9-5-8-15(19)11-20/h4,6-7,10,15,20H,5,8-9,11-12H2,1-3H3,(H,18,21). The molecule has 0 spiro atoms. The fraction of sp³-hybridized carbons (Fsp3) is 0.588.